The second-order valence-electron chi connectivity index (χ2n) is 7.01. The van der Waals surface area contributed by atoms with Crippen LogP contribution in [0.3, 0.4) is 0 Å². The molecule has 0 spiro atoms. The molecule has 0 bridgehead atoms. The molecule has 6 heteroatoms. The quantitative estimate of drug-likeness (QED) is 0.726. The zero-order chi connectivity index (χ0) is 18.4. The predicted octanol–water partition coefficient (Wildman–Crippen LogP) is 1.43. The van der Waals surface area contributed by atoms with Crippen molar-refractivity contribution < 1.29 is 14.3 Å². The summed E-state index contributed by atoms with van der Waals surface area (Å²) in [5.41, 5.74) is 8.02. The van der Waals surface area contributed by atoms with E-state index in [1.54, 1.807) is 0 Å². The van der Waals surface area contributed by atoms with Crippen LogP contribution in [-0.2, 0) is 14.3 Å². The molecular formula is C19H29N3O3. The fourth-order valence-electron chi connectivity index (χ4n) is 2.86. The molecule has 25 heavy (non-hydrogen) atoms. The molecule has 0 radical (unpaired) electrons. The third-order valence-corrected chi connectivity index (χ3v) is 4.52. The number of benzene rings is 1. The van der Waals surface area contributed by atoms with E-state index in [1.807, 2.05) is 45.0 Å². The van der Waals surface area contributed by atoms with Crippen LogP contribution in [0, 0.1) is 12.8 Å². The van der Waals surface area contributed by atoms with Crippen LogP contribution in [0.5, 0.6) is 0 Å². The Labute approximate surface area is 149 Å². The third-order valence-electron chi connectivity index (χ3n) is 4.52. The van der Waals surface area contributed by atoms with Gasteiger partial charge in [0, 0.05) is 6.61 Å². The van der Waals surface area contributed by atoms with Crippen LogP contribution in [0.25, 0.3) is 0 Å². The number of carbonyl (C=O) groups excluding carboxylic acids is 2. The van der Waals surface area contributed by atoms with Crippen LogP contribution in [-0.4, -0.2) is 37.0 Å². The summed E-state index contributed by atoms with van der Waals surface area (Å²) in [7, 11) is 0. The molecule has 1 aromatic carbocycles. The Hall–Kier alpha value is -1.92. The fraction of sp³-hybridized carbons (Fsp3) is 0.579. The molecule has 2 unspecified atom stereocenters. The van der Waals surface area contributed by atoms with Crippen molar-refractivity contribution in [1.29, 1.82) is 0 Å². The lowest BCUT2D eigenvalue weighted by molar-refractivity contribution is -0.128. The van der Waals surface area contributed by atoms with Crippen LogP contribution >= 0.6 is 0 Å². The second-order valence-corrected chi connectivity index (χ2v) is 7.01. The molecule has 2 amide bonds. The zero-order valence-electron chi connectivity index (χ0n) is 15.2. The van der Waals surface area contributed by atoms with Crippen LogP contribution in [0.15, 0.2) is 24.3 Å². The molecular weight excluding hydrogens is 318 g/mol. The van der Waals surface area contributed by atoms with E-state index in [2.05, 4.69) is 10.6 Å². The Morgan fingerprint density at radius 3 is 2.60 bits per heavy atom. The summed E-state index contributed by atoms with van der Waals surface area (Å²) in [5, 5.41) is 5.58. The highest BCUT2D eigenvalue weighted by atomic mass is 16.5. The van der Waals surface area contributed by atoms with Gasteiger partial charge in [0.25, 0.3) is 0 Å². The van der Waals surface area contributed by atoms with E-state index >= 15 is 0 Å². The van der Waals surface area contributed by atoms with Gasteiger partial charge in [-0.2, -0.15) is 0 Å². The summed E-state index contributed by atoms with van der Waals surface area (Å²) >= 11 is 0. The molecule has 138 valence electrons. The maximum atomic E-state index is 12.2. The van der Waals surface area contributed by atoms with Gasteiger partial charge in [-0.25, -0.2) is 0 Å². The number of nitrogens with one attached hydrogen (secondary N) is 2. The van der Waals surface area contributed by atoms with Crippen LogP contribution in [0.1, 0.15) is 43.9 Å². The van der Waals surface area contributed by atoms with Gasteiger partial charge in [0.05, 0.1) is 18.6 Å². The molecule has 0 aromatic heterocycles. The van der Waals surface area contributed by atoms with Gasteiger partial charge in [0.15, 0.2) is 0 Å². The minimum Gasteiger partial charge on any atom is -0.371 e. The zero-order valence-corrected chi connectivity index (χ0v) is 15.2. The minimum absolute atomic E-state index is 0.0284. The van der Waals surface area contributed by atoms with Crippen molar-refractivity contribution in [2.75, 3.05) is 13.2 Å². The van der Waals surface area contributed by atoms with Crippen molar-refractivity contribution in [1.82, 2.24) is 10.6 Å². The summed E-state index contributed by atoms with van der Waals surface area (Å²) in [5.74, 6) is -0.502. The molecule has 0 saturated carbocycles. The van der Waals surface area contributed by atoms with E-state index < -0.39 is 6.04 Å². The second kappa shape index (κ2) is 8.97. The van der Waals surface area contributed by atoms with Gasteiger partial charge >= 0.3 is 0 Å². The number of ether oxygens (including phenoxy) is 1. The lowest BCUT2D eigenvalue weighted by Gasteiger charge is -2.32. The van der Waals surface area contributed by atoms with Gasteiger partial charge in [0.1, 0.15) is 6.10 Å². The Bertz CT molecular complexity index is 586. The van der Waals surface area contributed by atoms with Crippen LogP contribution in [0.2, 0.25) is 0 Å². The Morgan fingerprint density at radius 2 is 1.96 bits per heavy atom. The summed E-state index contributed by atoms with van der Waals surface area (Å²) in [6, 6.07) is 7.45. The number of rotatable bonds is 6. The predicted molar refractivity (Wildman–Crippen MR) is 96.9 cm³/mol. The van der Waals surface area contributed by atoms with E-state index in [1.165, 1.54) is 5.56 Å². The van der Waals surface area contributed by atoms with Crippen molar-refractivity contribution in [3.8, 4) is 0 Å². The molecule has 1 aliphatic rings. The van der Waals surface area contributed by atoms with E-state index in [0.29, 0.717) is 6.61 Å². The monoisotopic (exact) mass is 347 g/mol. The van der Waals surface area contributed by atoms with Crippen molar-refractivity contribution in [3.05, 3.63) is 35.4 Å². The molecule has 2 rings (SSSR count). The largest absolute Gasteiger partial charge is 0.371 e. The van der Waals surface area contributed by atoms with Gasteiger partial charge in [-0.3, -0.25) is 9.59 Å². The molecule has 3 atom stereocenters. The molecule has 1 fully saturated rings. The number of amides is 2. The van der Waals surface area contributed by atoms with Crippen molar-refractivity contribution in [3.63, 3.8) is 0 Å². The van der Waals surface area contributed by atoms with Gasteiger partial charge in [-0.05, 0) is 31.2 Å². The molecule has 1 heterocycles. The number of nitrogens with two attached hydrogens (primary N) is 1. The number of hydrogen-bond acceptors (Lipinski definition) is 4. The van der Waals surface area contributed by atoms with E-state index in [-0.39, 0.29) is 36.4 Å². The standard InChI is InChI=1S/C19H29N3O3/c1-12(2)17(20)19(24)21-11-16(23)22-15-5-4-10-25-18(15)14-8-6-13(3)7-9-14/h6-9,12,15,17-18H,4-5,10-11,20H2,1-3H3,(H,21,24)(H,22,23)/t15?,17-,18?/m0/s1. The smallest absolute Gasteiger partial charge is 0.239 e. The molecule has 6 nitrogen and oxygen atoms in total. The maximum absolute atomic E-state index is 12.2. The number of hydrogen-bond donors (Lipinski definition) is 3. The van der Waals surface area contributed by atoms with Gasteiger partial charge in [-0.1, -0.05) is 43.7 Å². The van der Waals surface area contributed by atoms with Gasteiger partial charge in [0.2, 0.25) is 11.8 Å². The molecule has 0 aliphatic carbocycles. The first-order chi connectivity index (χ1) is 11.9. The molecule has 1 saturated heterocycles. The highest BCUT2D eigenvalue weighted by Crippen LogP contribution is 2.28. The van der Waals surface area contributed by atoms with Gasteiger partial charge in [-0.15, -0.1) is 0 Å². The van der Waals surface area contributed by atoms with Gasteiger partial charge < -0.3 is 21.1 Å². The summed E-state index contributed by atoms with van der Waals surface area (Å²) in [4.78, 5) is 24.1. The Balaban J connectivity index is 1.91. The average Bonchev–Trinajstić information content (AvgIpc) is 2.60. The number of aryl methyl sites for hydroxylation is 1. The lowest BCUT2D eigenvalue weighted by atomic mass is 9.95. The average molecular weight is 347 g/mol. The van der Waals surface area contributed by atoms with Crippen molar-refractivity contribution in [2.45, 2.75) is 51.8 Å². The first-order valence-electron chi connectivity index (χ1n) is 8.89. The molecule has 4 N–H and O–H groups in total. The molecule has 1 aromatic rings. The van der Waals surface area contributed by atoms with E-state index in [0.717, 1.165) is 18.4 Å². The third kappa shape index (κ3) is 5.54. The normalized spacial score (nSPS) is 21.6. The van der Waals surface area contributed by atoms with E-state index in [9.17, 15) is 9.59 Å². The first-order valence-corrected chi connectivity index (χ1v) is 8.89. The van der Waals surface area contributed by atoms with Crippen LogP contribution < -0.4 is 16.4 Å². The van der Waals surface area contributed by atoms with Crippen LogP contribution in [0.4, 0.5) is 0 Å². The summed E-state index contributed by atoms with van der Waals surface area (Å²) in [6.07, 6.45) is 1.59. The highest BCUT2D eigenvalue weighted by molar-refractivity contribution is 5.87. The maximum Gasteiger partial charge on any atom is 0.239 e. The minimum atomic E-state index is -0.605. The topological polar surface area (TPSA) is 93.5 Å². The number of carbonyl (C=O) groups is 2. The summed E-state index contributed by atoms with van der Waals surface area (Å²) in [6.45, 7) is 6.39. The summed E-state index contributed by atoms with van der Waals surface area (Å²) < 4.78 is 5.89. The Kier molecular flexibility index (Phi) is 6.96. The van der Waals surface area contributed by atoms with Crippen molar-refractivity contribution >= 4 is 11.8 Å². The Morgan fingerprint density at radius 1 is 1.28 bits per heavy atom. The lowest BCUT2D eigenvalue weighted by Crippen LogP contribution is -2.50. The van der Waals surface area contributed by atoms with Crippen molar-refractivity contribution in [2.24, 2.45) is 11.7 Å². The highest BCUT2D eigenvalue weighted by Gasteiger charge is 2.29. The molecule has 1 aliphatic heterocycles. The first kappa shape index (κ1) is 19.4. The van der Waals surface area contributed by atoms with E-state index in [4.69, 9.17) is 10.5 Å². The SMILES string of the molecule is Cc1ccc(C2OCCCC2NC(=O)CNC(=O)[C@@H](N)C(C)C)cc1. The fourth-order valence-corrected chi connectivity index (χ4v) is 2.86.